The predicted molar refractivity (Wildman–Crippen MR) is 61.6 cm³/mol. The minimum Gasteiger partial charge on any atom is -0.465 e. The summed E-state index contributed by atoms with van der Waals surface area (Å²) in [4.78, 5) is 14.3. The first-order valence-corrected chi connectivity index (χ1v) is 6.13. The molecule has 1 fully saturated rings. The van der Waals surface area contributed by atoms with Gasteiger partial charge in [0, 0.05) is 19.6 Å². The third-order valence-electron chi connectivity index (χ3n) is 2.76. The molecule has 1 saturated heterocycles. The van der Waals surface area contributed by atoms with E-state index in [-0.39, 0.29) is 12.1 Å². The number of carbonyl (C=O) groups excluding carboxylic acids is 1. The van der Waals surface area contributed by atoms with Crippen molar-refractivity contribution in [1.29, 1.82) is 0 Å². The lowest BCUT2D eigenvalue weighted by molar-refractivity contribution is 0.0604. The normalized spacial score (nSPS) is 21.2. The van der Waals surface area contributed by atoms with Gasteiger partial charge < -0.3 is 9.84 Å². The molecule has 1 aromatic heterocycles. The Kier molecular flexibility index (Phi) is 3.58. The van der Waals surface area contributed by atoms with Gasteiger partial charge in [0.05, 0.1) is 13.2 Å². The molecule has 1 aromatic rings. The Bertz CT molecular complexity index is 377. The molecule has 0 unspecified atom stereocenters. The largest absolute Gasteiger partial charge is 0.465 e. The molecule has 1 aliphatic rings. The van der Waals surface area contributed by atoms with Crippen LogP contribution in [0.4, 0.5) is 0 Å². The van der Waals surface area contributed by atoms with Gasteiger partial charge in [-0.3, -0.25) is 4.90 Å². The molecule has 5 heteroatoms. The van der Waals surface area contributed by atoms with Crippen molar-refractivity contribution < 1.29 is 14.6 Å². The third kappa shape index (κ3) is 2.42. The van der Waals surface area contributed by atoms with Gasteiger partial charge >= 0.3 is 5.97 Å². The zero-order chi connectivity index (χ0) is 11.5. The van der Waals surface area contributed by atoms with E-state index in [2.05, 4.69) is 4.90 Å². The summed E-state index contributed by atoms with van der Waals surface area (Å²) in [6.07, 6.45) is 0.595. The van der Waals surface area contributed by atoms with Gasteiger partial charge in [-0.15, -0.1) is 11.3 Å². The van der Waals surface area contributed by atoms with E-state index in [9.17, 15) is 9.90 Å². The molecule has 88 valence electrons. The van der Waals surface area contributed by atoms with Crippen molar-refractivity contribution in [1.82, 2.24) is 4.90 Å². The lowest BCUT2D eigenvalue weighted by Crippen LogP contribution is -2.22. The van der Waals surface area contributed by atoms with Crippen molar-refractivity contribution in [2.75, 3.05) is 20.2 Å². The number of rotatable bonds is 3. The van der Waals surface area contributed by atoms with Crippen LogP contribution in [0.15, 0.2) is 11.4 Å². The molecule has 0 saturated carbocycles. The number of hydrogen-bond acceptors (Lipinski definition) is 5. The average Bonchev–Trinajstić information content (AvgIpc) is 2.87. The van der Waals surface area contributed by atoms with Gasteiger partial charge in [-0.2, -0.15) is 0 Å². The zero-order valence-electron chi connectivity index (χ0n) is 9.18. The van der Waals surface area contributed by atoms with Crippen LogP contribution in [0.25, 0.3) is 0 Å². The Morgan fingerprint density at radius 1 is 1.75 bits per heavy atom. The predicted octanol–water partition coefficient (Wildman–Crippen LogP) is 1.10. The van der Waals surface area contributed by atoms with Crippen LogP contribution >= 0.6 is 11.3 Å². The topological polar surface area (TPSA) is 49.8 Å². The van der Waals surface area contributed by atoms with E-state index in [1.807, 2.05) is 11.4 Å². The minimum absolute atomic E-state index is 0.222. The van der Waals surface area contributed by atoms with Crippen LogP contribution in [0.5, 0.6) is 0 Å². The van der Waals surface area contributed by atoms with Crippen LogP contribution < -0.4 is 0 Å². The number of β-amino-alcohol motifs (C(OH)–C–C–N with tert-alkyl or cyclic N) is 1. The Balaban J connectivity index is 2.04. The van der Waals surface area contributed by atoms with Gasteiger partial charge in [-0.1, -0.05) is 0 Å². The molecular formula is C11H15NO3S. The average molecular weight is 241 g/mol. The highest BCUT2D eigenvalue weighted by molar-refractivity contribution is 7.12. The van der Waals surface area contributed by atoms with E-state index in [0.29, 0.717) is 18.0 Å². The molecule has 1 aliphatic heterocycles. The van der Waals surface area contributed by atoms with Crippen LogP contribution in [-0.2, 0) is 11.3 Å². The number of aliphatic hydroxyl groups excluding tert-OH is 1. The third-order valence-corrected chi connectivity index (χ3v) is 3.70. The van der Waals surface area contributed by atoms with Gasteiger partial charge in [0.2, 0.25) is 0 Å². The van der Waals surface area contributed by atoms with Crippen LogP contribution in [0.2, 0.25) is 0 Å². The summed E-state index contributed by atoms with van der Waals surface area (Å²) in [7, 11) is 1.39. The Labute approximate surface area is 98.4 Å². The van der Waals surface area contributed by atoms with Crippen molar-refractivity contribution >= 4 is 17.3 Å². The summed E-state index contributed by atoms with van der Waals surface area (Å²) in [6.45, 7) is 2.29. The first-order chi connectivity index (χ1) is 7.70. The highest BCUT2D eigenvalue weighted by Gasteiger charge is 2.22. The van der Waals surface area contributed by atoms with Crippen LogP contribution in [-0.4, -0.2) is 42.3 Å². The Morgan fingerprint density at radius 2 is 2.56 bits per heavy atom. The quantitative estimate of drug-likeness (QED) is 0.805. The number of thiophene rings is 1. The molecule has 1 N–H and O–H groups in total. The maximum atomic E-state index is 11.5. The SMILES string of the molecule is COC(=O)c1sccc1CN1CC[C@H](O)C1. The first kappa shape index (κ1) is 11.6. The van der Waals surface area contributed by atoms with Crippen molar-refractivity contribution in [3.63, 3.8) is 0 Å². The number of likely N-dealkylation sites (tertiary alicyclic amines) is 1. The van der Waals surface area contributed by atoms with Crippen LogP contribution in [0.1, 0.15) is 21.7 Å². The highest BCUT2D eigenvalue weighted by atomic mass is 32.1. The summed E-state index contributed by atoms with van der Waals surface area (Å²) < 4.78 is 4.72. The number of methoxy groups -OCH3 is 1. The second-order valence-electron chi connectivity index (χ2n) is 3.94. The number of nitrogens with zero attached hydrogens (tertiary/aromatic N) is 1. The fourth-order valence-corrected chi connectivity index (χ4v) is 2.76. The van der Waals surface area contributed by atoms with Gasteiger partial charge in [-0.05, 0) is 23.4 Å². The Hall–Kier alpha value is -0.910. The van der Waals surface area contributed by atoms with E-state index in [1.165, 1.54) is 18.4 Å². The smallest absolute Gasteiger partial charge is 0.348 e. The number of aliphatic hydroxyl groups is 1. The van der Waals surface area contributed by atoms with Crippen molar-refractivity contribution in [3.8, 4) is 0 Å². The maximum Gasteiger partial charge on any atom is 0.348 e. The van der Waals surface area contributed by atoms with E-state index in [4.69, 9.17) is 4.74 Å². The lowest BCUT2D eigenvalue weighted by atomic mass is 10.2. The molecule has 0 amide bonds. The molecule has 0 aromatic carbocycles. The van der Waals surface area contributed by atoms with E-state index in [1.54, 1.807) is 0 Å². The van der Waals surface area contributed by atoms with E-state index in [0.717, 1.165) is 18.5 Å². The summed E-state index contributed by atoms with van der Waals surface area (Å²) in [5, 5.41) is 11.3. The van der Waals surface area contributed by atoms with Crippen molar-refractivity contribution in [2.24, 2.45) is 0 Å². The van der Waals surface area contributed by atoms with Gasteiger partial charge in [-0.25, -0.2) is 4.79 Å². The summed E-state index contributed by atoms with van der Waals surface area (Å²) in [5.74, 6) is -0.273. The van der Waals surface area contributed by atoms with E-state index < -0.39 is 0 Å². The summed E-state index contributed by atoms with van der Waals surface area (Å²) >= 11 is 1.40. The van der Waals surface area contributed by atoms with Gasteiger partial charge in [0.1, 0.15) is 4.88 Å². The summed E-state index contributed by atoms with van der Waals surface area (Å²) in [5.41, 5.74) is 0.992. The van der Waals surface area contributed by atoms with Crippen LogP contribution in [0, 0.1) is 0 Å². The van der Waals surface area contributed by atoms with Gasteiger partial charge in [0.25, 0.3) is 0 Å². The number of ether oxygens (including phenoxy) is 1. The second kappa shape index (κ2) is 4.95. The standard InChI is InChI=1S/C11H15NO3S/c1-15-11(14)10-8(3-5-16-10)6-12-4-2-9(13)7-12/h3,5,9,13H,2,4,6-7H2,1H3/t9-/m0/s1. The number of hydrogen-bond donors (Lipinski definition) is 1. The first-order valence-electron chi connectivity index (χ1n) is 5.26. The molecule has 4 nitrogen and oxygen atoms in total. The Morgan fingerprint density at radius 3 is 3.19 bits per heavy atom. The minimum atomic E-state index is -0.273. The fraction of sp³-hybridized carbons (Fsp3) is 0.545. The monoisotopic (exact) mass is 241 g/mol. The fourth-order valence-electron chi connectivity index (χ4n) is 1.93. The molecule has 16 heavy (non-hydrogen) atoms. The summed E-state index contributed by atoms with van der Waals surface area (Å²) in [6, 6.07) is 1.95. The van der Waals surface area contributed by atoms with Crippen molar-refractivity contribution in [3.05, 3.63) is 21.9 Å². The molecular weight excluding hydrogens is 226 g/mol. The molecule has 2 heterocycles. The molecule has 0 aliphatic carbocycles. The molecule has 1 atom stereocenters. The molecule has 0 bridgehead atoms. The highest BCUT2D eigenvalue weighted by Crippen LogP contribution is 2.21. The zero-order valence-corrected chi connectivity index (χ0v) is 10.00. The number of esters is 1. The second-order valence-corrected chi connectivity index (χ2v) is 4.86. The molecule has 2 rings (SSSR count). The molecule has 0 radical (unpaired) electrons. The maximum absolute atomic E-state index is 11.5. The van der Waals surface area contributed by atoms with E-state index >= 15 is 0 Å². The van der Waals surface area contributed by atoms with Crippen molar-refractivity contribution in [2.45, 2.75) is 19.1 Å². The van der Waals surface area contributed by atoms with Gasteiger partial charge in [0.15, 0.2) is 0 Å². The lowest BCUT2D eigenvalue weighted by Gasteiger charge is -2.14. The number of carbonyl (C=O) groups is 1. The van der Waals surface area contributed by atoms with Crippen LogP contribution in [0.3, 0.4) is 0 Å². The molecule has 0 spiro atoms.